The minimum absolute atomic E-state index is 0.0109. The molecule has 0 saturated heterocycles. The fourth-order valence-electron chi connectivity index (χ4n) is 3.11. The van der Waals surface area contributed by atoms with E-state index in [0.29, 0.717) is 5.56 Å². The summed E-state index contributed by atoms with van der Waals surface area (Å²) < 4.78 is 1.21. The summed E-state index contributed by atoms with van der Waals surface area (Å²) in [7, 11) is 0. The van der Waals surface area contributed by atoms with Gasteiger partial charge in [0.05, 0.1) is 18.7 Å². The van der Waals surface area contributed by atoms with Crippen molar-refractivity contribution in [2.75, 3.05) is 6.61 Å². The quantitative estimate of drug-likeness (QED) is 0.728. The zero-order valence-electron chi connectivity index (χ0n) is 13.9. The fourth-order valence-corrected chi connectivity index (χ4v) is 3.11. The molecule has 1 aliphatic rings. The lowest BCUT2D eigenvalue weighted by Gasteiger charge is -2.16. The van der Waals surface area contributed by atoms with Crippen LogP contribution in [-0.4, -0.2) is 27.2 Å². The first-order chi connectivity index (χ1) is 12.1. The molecule has 7 heteroatoms. The van der Waals surface area contributed by atoms with Crippen molar-refractivity contribution in [1.29, 1.82) is 0 Å². The van der Waals surface area contributed by atoms with Crippen molar-refractivity contribution in [2.24, 2.45) is 0 Å². The van der Waals surface area contributed by atoms with Gasteiger partial charge in [0.1, 0.15) is 0 Å². The van der Waals surface area contributed by atoms with E-state index in [2.05, 4.69) is 10.3 Å². The molecule has 0 spiro atoms. The van der Waals surface area contributed by atoms with E-state index in [1.807, 2.05) is 12.1 Å². The van der Waals surface area contributed by atoms with Crippen molar-refractivity contribution in [1.82, 2.24) is 14.9 Å². The number of rotatable bonds is 5. The van der Waals surface area contributed by atoms with Crippen LogP contribution < -0.4 is 16.6 Å². The number of aliphatic hydroxyl groups is 1. The number of aliphatic hydroxyl groups excluding tert-OH is 1. The Morgan fingerprint density at radius 1 is 1.20 bits per heavy atom. The Morgan fingerprint density at radius 2 is 1.96 bits per heavy atom. The Balaban J connectivity index is 1.73. The highest BCUT2D eigenvalue weighted by molar-refractivity contribution is 5.94. The standard InChI is InChI=1S/C18H21N3O4/c22-8-7-21-11-15(17(24)20-18(21)25)10-19-16(23)14-6-5-12-3-1-2-4-13(12)9-14/h5-6,9,11,22H,1-4,7-8,10H2,(H,19,23)(H,20,24,25). The van der Waals surface area contributed by atoms with Crippen molar-refractivity contribution < 1.29 is 9.90 Å². The number of hydrogen-bond acceptors (Lipinski definition) is 4. The van der Waals surface area contributed by atoms with Crippen LogP contribution >= 0.6 is 0 Å². The van der Waals surface area contributed by atoms with Gasteiger partial charge in [-0.3, -0.25) is 19.1 Å². The first-order valence-corrected chi connectivity index (χ1v) is 8.42. The molecule has 0 atom stereocenters. The lowest BCUT2D eigenvalue weighted by Crippen LogP contribution is -2.35. The van der Waals surface area contributed by atoms with Crippen molar-refractivity contribution in [2.45, 2.75) is 38.8 Å². The molecule has 3 N–H and O–H groups in total. The number of aryl methyl sites for hydroxylation is 2. The summed E-state index contributed by atoms with van der Waals surface area (Å²) in [6, 6.07) is 5.72. The molecule has 132 valence electrons. The third-order valence-electron chi connectivity index (χ3n) is 4.48. The van der Waals surface area contributed by atoms with E-state index < -0.39 is 11.2 Å². The number of benzene rings is 1. The van der Waals surface area contributed by atoms with Crippen LogP contribution in [0.15, 0.2) is 34.0 Å². The van der Waals surface area contributed by atoms with Crippen LogP contribution in [0.25, 0.3) is 0 Å². The van der Waals surface area contributed by atoms with Crippen LogP contribution in [0.5, 0.6) is 0 Å². The molecule has 1 heterocycles. The Kier molecular flexibility index (Phi) is 5.14. The van der Waals surface area contributed by atoms with E-state index in [4.69, 9.17) is 5.11 Å². The number of fused-ring (bicyclic) bond motifs is 1. The number of nitrogens with zero attached hydrogens (tertiary/aromatic N) is 1. The Labute approximate surface area is 144 Å². The van der Waals surface area contributed by atoms with Crippen LogP contribution in [0.2, 0.25) is 0 Å². The number of hydrogen-bond donors (Lipinski definition) is 3. The summed E-state index contributed by atoms with van der Waals surface area (Å²) in [4.78, 5) is 38.0. The molecule has 25 heavy (non-hydrogen) atoms. The molecular weight excluding hydrogens is 322 g/mol. The summed E-state index contributed by atoms with van der Waals surface area (Å²) in [5.74, 6) is -0.257. The van der Waals surface area contributed by atoms with Crippen LogP contribution in [-0.2, 0) is 25.9 Å². The second kappa shape index (κ2) is 7.48. The van der Waals surface area contributed by atoms with E-state index in [9.17, 15) is 14.4 Å². The molecule has 0 fully saturated rings. The molecule has 0 radical (unpaired) electrons. The van der Waals surface area contributed by atoms with Gasteiger partial charge in [-0.25, -0.2) is 4.79 Å². The molecule has 1 aliphatic carbocycles. The highest BCUT2D eigenvalue weighted by Crippen LogP contribution is 2.22. The number of carbonyl (C=O) groups is 1. The van der Waals surface area contributed by atoms with Crippen LogP contribution in [0.1, 0.15) is 39.9 Å². The predicted molar refractivity (Wildman–Crippen MR) is 92.7 cm³/mol. The molecule has 3 rings (SSSR count). The Morgan fingerprint density at radius 3 is 2.72 bits per heavy atom. The van der Waals surface area contributed by atoms with Gasteiger partial charge in [0.2, 0.25) is 0 Å². The van der Waals surface area contributed by atoms with E-state index in [1.54, 1.807) is 6.07 Å². The maximum absolute atomic E-state index is 12.4. The first-order valence-electron chi connectivity index (χ1n) is 8.42. The minimum Gasteiger partial charge on any atom is -0.395 e. The third-order valence-corrected chi connectivity index (χ3v) is 4.48. The van der Waals surface area contributed by atoms with Crippen molar-refractivity contribution >= 4 is 5.91 Å². The van der Waals surface area contributed by atoms with Gasteiger partial charge in [0.25, 0.3) is 11.5 Å². The highest BCUT2D eigenvalue weighted by Gasteiger charge is 2.13. The van der Waals surface area contributed by atoms with Gasteiger partial charge >= 0.3 is 5.69 Å². The van der Waals surface area contributed by atoms with E-state index in [0.717, 1.165) is 19.3 Å². The lowest BCUT2D eigenvalue weighted by molar-refractivity contribution is 0.0950. The van der Waals surface area contributed by atoms with Gasteiger partial charge in [-0.15, -0.1) is 0 Å². The van der Waals surface area contributed by atoms with Gasteiger partial charge < -0.3 is 10.4 Å². The topological polar surface area (TPSA) is 104 Å². The Hall–Kier alpha value is -2.67. The maximum Gasteiger partial charge on any atom is 0.328 e. The average molecular weight is 343 g/mol. The first kappa shape index (κ1) is 17.2. The molecule has 0 aliphatic heterocycles. The second-order valence-corrected chi connectivity index (χ2v) is 6.20. The number of nitrogens with one attached hydrogen (secondary N) is 2. The van der Waals surface area contributed by atoms with Gasteiger partial charge in [0, 0.05) is 18.3 Å². The van der Waals surface area contributed by atoms with E-state index in [1.165, 1.54) is 28.3 Å². The summed E-state index contributed by atoms with van der Waals surface area (Å²) in [5.41, 5.74) is 2.23. The number of amides is 1. The van der Waals surface area contributed by atoms with Gasteiger partial charge in [-0.05, 0) is 48.9 Å². The summed E-state index contributed by atoms with van der Waals surface area (Å²) in [6.07, 6.45) is 5.73. The fraction of sp³-hybridized carbons (Fsp3) is 0.389. The lowest BCUT2D eigenvalue weighted by atomic mass is 9.90. The summed E-state index contributed by atoms with van der Waals surface area (Å²) in [6.45, 7) is -0.120. The monoisotopic (exact) mass is 343 g/mol. The SMILES string of the molecule is O=C(NCc1cn(CCO)c(=O)[nH]c1=O)c1ccc2c(c1)CCCC2. The highest BCUT2D eigenvalue weighted by atomic mass is 16.3. The molecule has 1 amide bonds. The van der Waals surface area contributed by atoms with Crippen LogP contribution in [0, 0.1) is 0 Å². The molecule has 0 bridgehead atoms. The molecule has 2 aromatic rings. The van der Waals surface area contributed by atoms with Crippen LogP contribution in [0.3, 0.4) is 0 Å². The second-order valence-electron chi connectivity index (χ2n) is 6.20. The largest absolute Gasteiger partial charge is 0.395 e. The van der Waals surface area contributed by atoms with Gasteiger partial charge in [-0.2, -0.15) is 0 Å². The number of carbonyl (C=O) groups excluding carboxylic acids is 1. The molecular formula is C18H21N3O4. The molecule has 1 aromatic heterocycles. The number of aromatic amines is 1. The Bertz CT molecular complexity index is 898. The average Bonchev–Trinajstić information content (AvgIpc) is 2.62. The van der Waals surface area contributed by atoms with E-state index >= 15 is 0 Å². The smallest absolute Gasteiger partial charge is 0.328 e. The zero-order valence-corrected chi connectivity index (χ0v) is 13.9. The third kappa shape index (κ3) is 3.88. The van der Waals surface area contributed by atoms with Crippen molar-refractivity contribution in [3.05, 3.63) is 67.5 Å². The molecule has 0 saturated carbocycles. The number of aromatic nitrogens is 2. The maximum atomic E-state index is 12.4. The molecule has 1 aromatic carbocycles. The van der Waals surface area contributed by atoms with Gasteiger partial charge in [-0.1, -0.05) is 6.07 Å². The summed E-state index contributed by atoms with van der Waals surface area (Å²) in [5, 5.41) is 11.7. The van der Waals surface area contributed by atoms with E-state index in [-0.39, 0.29) is 31.2 Å². The summed E-state index contributed by atoms with van der Waals surface area (Å²) >= 11 is 0. The molecule has 7 nitrogen and oxygen atoms in total. The molecule has 0 unspecified atom stereocenters. The van der Waals surface area contributed by atoms with Crippen molar-refractivity contribution in [3.8, 4) is 0 Å². The zero-order chi connectivity index (χ0) is 17.8. The predicted octanol–water partition coefficient (Wildman–Crippen LogP) is 0.338. The number of H-pyrrole nitrogens is 1. The minimum atomic E-state index is -0.580. The van der Waals surface area contributed by atoms with Gasteiger partial charge in [0.15, 0.2) is 0 Å². The normalized spacial score (nSPS) is 13.3. The van der Waals surface area contributed by atoms with Crippen LogP contribution in [0.4, 0.5) is 0 Å². The van der Waals surface area contributed by atoms with Crippen molar-refractivity contribution in [3.63, 3.8) is 0 Å².